The van der Waals surface area contributed by atoms with Gasteiger partial charge in [0.15, 0.2) is 5.75 Å². The van der Waals surface area contributed by atoms with Gasteiger partial charge < -0.3 is 9.64 Å². The lowest BCUT2D eigenvalue weighted by atomic mass is 9.94. The number of hydrogen-bond acceptors (Lipinski definition) is 5. The van der Waals surface area contributed by atoms with E-state index in [-0.39, 0.29) is 11.8 Å². The number of piperidine rings is 1. The molecule has 0 bridgehead atoms. The molecule has 0 saturated carbocycles. The van der Waals surface area contributed by atoms with Crippen LogP contribution in [-0.2, 0) is 4.79 Å². The first-order valence-electron chi connectivity index (χ1n) is 9.22. The summed E-state index contributed by atoms with van der Waals surface area (Å²) in [7, 11) is 0. The number of rotatable bonds is 5. The van der Waals surface area contributed by atoms with Gasteiger partial charge in [-0.1, -0.05) is 13.8 Å². The maximum Gasteiger partial charge on any atom is 0.241 e. The quantitative estimate of drug-likeness (QED) is 0.818. The van der Waals surface area contributed by atoms with Crippen molar-refractivity contribution >= 4 is 5.91 Å². The molecule has 2 aromatic heterocycles. The number of nitrogens with zero attached hydrogens (tertiary/aromatic N) is 4. The van der Waals surface area contributed by atoms with Gasteiger partial charge in [-0.3, -0.25) is 14.8 Å². The van der Waals surface area contributed by atoms with Crippen LogP contribution in [0.5, 0.6) is 11.6 Å². The third-order valence-corrected chi connectivity index (χ3v) is 4.60. The van der Waals surface area contributed by atoms with Crippen molar-refractivity contribution in [3.05, 3.63) is 42.1 Å². The molecule has 1 unspecified atom stereocenters. The van der Waals surface area contributed by atoms with Crippen LogP contribution < -0.4 is 4.74 Å². The summed E-state index contributed by atoms with van der Waals surface area (Å²) >= 11 is 0. The Morgan fingerprint density at radius 2 is 2.08 bits per heavy atom. The third-order valence-electron chi connectivity index (χ3n) is 4.60. The molecule has 2 aromatic rings. The Morgan fingerprint density at radius 3 is 2.85 bits per heavy atom. The van der Waals surface area contributed by atoms with Crippen LogP contribution in [0.3, 0.4) is 0 Å². The molecule has 3 rings (SSSR count). The van der Waals surface area contributed by atoms with Gasteiger partial charge in [0.1, 0.15) is 5.69 Å². The lowest BCUT2D eigenvalue weighted by Crippen LogP contribution is -2.39. The SMILES string of the molecule is Cc1ncccc1Oc1nccnc1C1CCCN(C(=O)CC(C)C)C1. The van der Waals surface area contributed by atoms with Crippen molar-refractivity contribution in [2.45, 2.75) is 46.0 Å². The highest BCUT2D eigenvalue weighted by Crippen LogP contribution is 2.33. The Kier molecular flexibility index (Phi) is 5.81. The molecule has 1 amide bonds. The number of aromatic nitrogens is 3. The molecule has 1 atom stereocenters. The fraction of sp³-hybridized carbons (Fsp3) is 0.500. The van der Waals surface area contributed by atoms with Gasteiger partial charge in [0.05, 0.1) is 5.69 Å². The summed E-state index contributed by atoms with van der Waals surface area (Å²) < 4.78 is 6.01. The van der Waals surface area contributed by atoms with Crippen LogP contribution in [-0.4, -0.2) is 38.8 Å². The Bertz CT molecular complexity index is 763. The summed E-state index contributed by atoms with van der Waals surface area (Å²) in [5, 5.41) is 0. The minimum Gasteiger partial charge on any atom is -0.435 e. The summed E-state index contributed by atoms with van der Waals surface area (Å²) in [6.07, 6.45) is 7.59. The van der Waals surface area contributed by atoms with Crippen molar-refractivity contribution in [3.8, 4) is 11.6 Å². The molecule has 0 radical (unpaired) electrons. The van der Waals surface area contributed by atoms with Gasteiger partial charge in [0.2, 0.25) is 11.8 Å². The van der Waals surface area contributed by atoms with Crippen LogP contribution in [0.25, 0.3) is 0 Å². The van der Waals surface area contributed by atoms with E-state index in [2.05, 4.69) is 28.8 Å². The maximum atomic E-state index is 12.5. The molecule has 26 heavy (non-hydrogen) atoms. The van der Waals surface area contributed by atoms with E-state index in [9.17, 15) is 4.79 Å². The van der Waals surface area contributed by atoms with Gasteiger partial charge in [-0.25, -0.2) is 4.98 Å². The second kappa shape index (κ2) is 8.25. The molecule has 1 saturated heterocycles. The van der Waals surface area contributed by atoms with Crippen molar-refractivity contribution in [3.63, 3.8) is 0 Å². The zero-order chi connectivity index (χ0) is 18.5. The number of pyridine rings is 1. The molecule has 0 N–H and O–H groups in total. The first kappa shape index (κ1) is 18.3. The number of ether oxygens (including phenoxy) is 1. The summed E-state index contributed by atoms with van der Waals surface area (Å²) in [4.78, 5) is 27.6. The van der Waals surface area contributed by atoms with Crippen molar-refractivity contribution in [2.75, 3.05) is 13.1 Å². The van der Waals surface area contributed by atoms with E-state index in [1.54, 1.807) is 18.6 Å². The minimum atomic E-state index is 0.139. The van der Waals surface area contributed by atoms with Crippen LogP contribution in [0, 0.1) is 12.8 Å². The molecule has 1 aliphatic rings. The number of hydrogen-bond donors (Lipinski definition) is 0. The average Bonchev–Trinajstić information content (AvgIpc) is 2.64. The Hall–Kier alpha value is -2.50. The predicted octanol–water partition coefficient (Wildman–Crippen LogP) is 3.72. The summed E-state index contributed by atoms with van der Waals surface area (Å²) in [6, 6.07) is 3.71. The Morgan fingerprint density at radius 1 is 1.27 bits per heavy atom. The third kappa shape index (κ3) is 4.36. The maximum absolute atomic E-state index is 12.5. The van der Waals surface area contributed by atoms with E-state index < -0.39 is 0 Å². The zero-order valence-corrected chi connectivity index (χ0v) is 15.7. The van der Waals surface area contributed by atoms with E-state index in [0.717, 1.165) is 30.8 Å². The second-order valence-electron chi connectivity index (χ2n) is 7.21. The van der Waals surface area contributed by atoms with Gasteiger partial charge in [-0.05, 0) is 37.8 Å². The van der Waals surface area contributed by atoms with E-state index in [4.69, 9.17) is 4.74 Å². The highest BCUT2D eigenvalue weighted by Gasteiger charge is 2.28. The molecule has 1 aliphatic heterocycles. The van der Waals surface area contributed by atoms with E-state index in [1.807, 2.05) is 24.0 Å². The molecule has 3 heterocycles. The second-order valence-corrected chi connectivity index (χ2v) is 7.21. The van der Waals surface area contributed by atoms with Crippen LogP contribution in [0.2, 0.25) is 0 Å². The van der Waals surface area contributed by atoms with E-state index >= 15 is 0 Å². The smallest absolute Gasteiger partial charge is 0.241 e. The Labute approximate surface area is 154 Å². The number of carbonyl (C=O) groups is 1. The zero-order valence-electron chi connectivity index (χ0n) is 15.7. The van der Waals surface area contributed by atoms with Crippen LogP contribution in [0.15, 0.2) is 30.7 Å². The normalized spacial score (nSPS) is 17.4. The standard InChI is InChI=1S/C20H26N4O2/c1-14(2)12-18(25)24-11-5-6-16(13-24)19-20(23-10-9-22-19)26-17-7-4-8-21-15(17)3/h4,7-10,14,16H,5-6,11-13H2,1-3H3. The molecular weight excluding hydrogens is 328 g/mol. The van der Waals surface area contributed by atoms with Crippen molar-refractivity contribution in [1.82, 2.24) is 19.9 Å². The first-order chi connectivity index (χ1) is 12.5. The van der Waals surface area contributed by atoms with Gasteiger partial charge >= 0.3 is 0 Å². The lowest BCUT2D eigenvalue weighted by Gasteiger charge is -2.33. The molecule has 138 valence electrons. The van der Waals surface area contributed by atoms with Gasteiger partial charge in [0.25, 0.3) is 0 Å². The van der Waals surface area contributed by atoms with E-state index in [1.165, 1.54) is 0 Å². The predicted molar refractivity (Wildman–Crippen MR) is 99.1 cm³/mol. The number of carbonyl (C=O) groups excluding carboxylic acids is 1. The van der Waals surface area contributed by atoms with Crippen LogP contribution in [0.4, 0.5) is 0 Å². The summed E-state index contributed by atoms with van der Waals surface area (Å²) in [6.45, 7) is 7.54. The minimum absolute atomic E-state index is 0.139. The average molecular weight is 354 g/mol. The van der Waals surface area contributed by atoms with Gasteiger partial charge in [-0.15, -0.1) is 0 Å². The number of likely N-dealkylation sites (tertiary alicyclic amines) is 1. The molecule has 0 spiro atoms. The highest BCUT2D eigenvalue weighted by molar-refractivity contribution is 5.76. The van der Waals surface area contributed by atoms with Crippen LogP contribution >= 0.6 is 0 Å². The fourth-order valence-corrected chi connectivity index (χ4v) is 3.28. The lowest BCUT2D eigenvalue weighted by molar-refractivity contribution is -0.133. The first-order valence-corrected chi connectivity index (χ1v) is 9.22. The fourth-order valence-electron chi connectivity index (χ4n) is 3.28. The Balaban J connectivity index is 1.79. The van der Waals surface area contributed by atoms with Gasteiger partial charge in [-0.2, -0.15) is 0 Å². The molecule has 1 fully saturated rings. The highest BCUT2D eigenvalue weighted by atomic mass is 16.5. The number of aryl methyl sites for hydroxylation is 1. The van der Waals surface area contributed by atoms with E-state index in [0.29, 0.717) is 30.5 Å². The van der Waals surface area contributed by atoms with Crippen molar-refractivity contribution in [2.24, 2.45) is 5.92 Å². The number of amides is 1. The molecule has 0 aromatic carbocycles. The summed E-state index contributed by atoms with van der Waals surface area (Å²) in [5.74, 6) is 1.91. The van der Waals surface area contributed by atoms with Crippen LogP contribution in [0.1, 0.15) is 50.4 Å². The molecule has 6 heteroatoms. The topological polar surface area (TPSA) is 68.2 Å². The monoisotopic (exact) mass is 354 g/mol. The van der Waals surface area contributed by atoms with Gasteiger partial charge in [0, 0.05) is 44.0 Å². The molecular formula is C20H26N4O2. The summed E-state index contributed by atoms with van der Waals surface area (Å²) in [5.41, 5.74) is 1.62. The molecule has 0 aliphatic carbocycles. The largest absolute Gasteiger partial charge is 0.435 e. The molecule has 6 nitrogen and oxygen atoms in total. The van der Waals surface area contributed by atoms with Crippen molar-refractivity contribution in [1.29, 1.82) is 0 Å². The van der Waals surface area contributed by atoms with Crippen molar-refractivity contribution < 1.29 is 9.53 Å².